The normalized spacial score (nSPS) is 9.73. The molecular weight excluding hydrogens is 324 g/mol. The fourth-order valence-electron chi connectivity index (χ4n) is 0.588. The van der Waals surface area contributed by atoms with Crippen LogP contribution >= 0.6 is 0 Å². The summed E-state index contributed by atoms with van der Waals surface area (Å²) < 4.78 is 0. The van der Waals surface area contributed by atoms with E-state index in [1.807, 2.05) is 0 Å². The van der Waals surface area contributed by atoms with Crippen LogP contribution in [0.1, 0.15) is 48.5 Å². The molecule has 0 rings (SSSR count). The Balaban J connectivity index is -0.0000000607. The first-order valence-electron chi connectivity index (χ1n) is 6.45. The summed E-state index contributed by atoms with van der Waals surface area (Å²) in [5.74, 6) is -0.125. The van der Waals surface area contributed by atoms with E-state index in [9.17, 15) is 9.59 Å². The van der Waals surface area contributed by atoms with Gasteiger partial charge in [0.05, 0.1) is 11.5 Å². The third-order valence-corrected chi connectivity index (χ3v) is 0.824. The van der Waals surface area contributed by atoms with Gasteiger partial charge < -0.3 is 20.4 Å². The Morgan fingerprint density at radius 1 is 0.909 bits per heavy atom. The van der Waals surface area contributed by atoms with Crippen LogP contribution in [-0.2, 0) is 31.3 Å². The number of carbonyl (C=O) groups is 2. The van der Waals surface area contributed by atoms with Crippen LogP contribution in [0.2, 0.25) is 0 Å². The Morgan fingerprint density at radius 2 is 1.05 bits per heavy atom. The molecule has 0 atom stereocenters. The Morgan fingerprint density at radius 3 is 1.05 bits per heavy atom. The second kappa shape index (κ2) is 25.0. The molecule has 0 aliphatic heterocycles. The SMILES string of the molecule is CC(=O)C=C(C)O.CC(=O)C=C(C)O.CC(C)O.CCO.[Ti]. The standard InChI is InChI=1S/2C5H8O2.C3H8O.C2H6O.Ti/c2*1-4(6)3-5(2)7;1-3(2)4;1-2-3;/h2*3,6H,1-2H3;3-4H,1-2H3;3H,2H2,1H3;. The maximum atomic E-state index is 10.0. The van der Waals surface area contributed by atoms with E-state index in [0.29, 0.717) is 0 Å². The molecule has 0 bridgehead atoms. The number of hydrogen-bond acceptors (Lipinski definition) is 6. The minimum atomic E-state index is -0.167. The number of aliphatic hydroxyl groups excluding tert-OH is 4. The first kappa shape index (κ1) is 32.9. The van der Waals surface area contributed by atoms with Crippen LogP contribution < -0.4 is 0 Å². The maximum absolute atomic E-state index is 10.0. The number of allylic oxidation sites excluding steroid dienone is 4. The zero-order valence-electron chi connectivity index (χ0n) is 14.5. The van der Waals surface area contributed by atoms with Crippen molar-refractivity contribution in [1.29, 1.82) is 0 Å². The summed E-state index contributed by atoms with van der Waals surface area (Å²) in [4.78, 5) is 20.0. The Labute approximate surface area is 148 Å². The van der Waals surface area contributed by atoms with Gasteiger partial charge in [0.15, 0.2) is 11.6 Å². The number of carbonyl (C=O) groups excluding carboxylic acids is 2. The van der Waals surface area contributed by atoms with Gasteiger partial charge >= 0.3 is 0 Å². The molecule has 4 N–H and O–H groups in total. The molecular formula is C15H30O6Ti. The summed E-state index contributed by atoms with van der Waals surface area (Å²) >= 11 is 0. The molecule has 0 unspecified atom stereocenters. The fourth-order valence-corrected chi connectivity index (χ4v) is 0.588. The molecule has 0 radical (unpaired) electrons. The molecule has 7 heteroatoms. The van der Waals surface area contributed by atoms with E-state index in [2.05, 4.69) is 0 Å². The van der Waals surface area contributed by atoms with E-state index >= 15 is 0 Å². The molecule has 0 saturated carbocycles. The Kier molecular flexibility index (Phi) is 37.4. The van der Waals surface area contributed by atoms with Crippen LogP contribution in [0.5, 0.6) is 0 Å². The van der Waals surface area contributed by atoms with Crippen molar-refractivity contribution < 1.29 is 51.7 Å². The zero-order chi connectivity index (χ0) is 18.0. The van der Waals surface area contributed by atoms with E-state index < -0.39 is 0 Å². The second-order valence-electron chi connectivity index (χ2n) is 4.20. The summed E-state index contributed by atoms with van der Waals surface area (Å²) in [5.41, 5.74) is 0. The molecule has 0 aromatic rings. The van der Waals surface area contributed by atoms with Crippen molar-refractivity contribution in [2.75, 3.05) is 6.61 Å². The van der Waals surface area contributed by atoms with E-state index in [-0.39, 0.29) is 57.5 Å². The summed E-state index contributed by atoms with van der Waals surface area (Å²) in [6.45, 7) is 11.1. The van der Waals surface area contributed by atoms with Crippen molar-refractivity contribution in [1.82, 2.24) is 0 Å². The number of ketones is 2. The number of rotatable bonds is 2. The molecule has 6 nitrogen and oxygen atoms in total. The van der Waals surface area contributed by atoms with E-state index in [1.54, 1.807) is 20.8 Å². The first-order chi connectivity index (χ1) is 9.40. The van der Waals surface area contributed by atoms with Gasteiger partial charge in [0.1, 0.15) is 0 Å². The minimum Gasteiger partial charge on any atom is -0.512 e. The van der Waals surface area contributed by atoms with Gasteiger partial charge in [-0.2, -0.15) is 0 Å². The average Bonchev–Trinajstić information content (AvgIpc) is 2.12. The van der Waals surface area contributed by atoms with Crippen molar-refractivity contribution in [3.05, 3.63) is 23.7 Å². The van der Waals surface area contributed by atoms with Crippen LogP contribution in [0.15, 0.2) is 23.7 Å². The third-order valence-electron chi connectivity index (χ3n) is 0.824. The maximum Gasteiger partial charge on any atom is 0.155 e. The monoisotopic (exact) mass is 354 g/mol. The van der Waals surface area contributed by atoms with Crippen molar-refractivity contribution in [3.63, 3.8) is 0 Å². The summed E-state index contributed by atoms with van der Waals surface area (Å²) in [7, 11) is 0. The van der Waals surface area contributed by atoms with Crippen molar-refractivity contribution >= 4 is 11.6 Å². The number of hydrogen-bond donors (Lipinski definition) is 4. The molecule has 0 spiro atoms. The largest absolute Gasteiger partial charge is 0.512 e. The molecule has 22 heavy (non-hydrogen) atoms. The van der Waals surface area contributed by atoms with E-state index in [1.165, 1.54) is 39.8 Å². The second-order valence-corrected chi connectivity index (χ2v) is 4.20. The minimum absolute atomic E-state index is 0. The van der Waals surface area contributed by atoms with Crippen LogP contribution in [0.25, 0.3) is 0 Å². The molecule has 0 aliphatic carbocycles. The predicted molar refractivity (Wildman–Crippen MR) is 84.2 cm³/mol. The molecule has 0 aromatic carbocycles. The van der Waals surface area contributed by atoms with E-state index in [4.69, 9.17) is 20.4 Å². The van der Waals surface area contributed by atoms with Gasteiger partial charge in [0.25, 0.3) is 0 Å². The van der Waals surface area contributed by atoms with Crippen LogP contribution in [-0.4, -0.2) is 44.7 Å². The number of aliphatic hydroxyl groups is 4. The summed E-state index contributed by atoms with van der Waals surface area (Å²) in [6.07, 6.45) is 2.17. The smallest absolute Gasteiger partial charge is 0.155 e. The van der Waals surface area contributed by atoms with Crippen LogP contribution in [0.3, 0.4) is 0 Å². The first-order valence-corrected chi connectivity index (χ1v) is 6.45. The van der Waals surface area contributed by atoms with Crippen LogP contribution in [0.4, 0.5) is 0 Å². The van der Waals surface area contributed by atoms with Crippen LogP contribution in [0, 0.1) is 0 Å². The topological polar surface area (TPSA) is 115 Å². The van der Waals surface area contributed by atoms with E-state index in [0.717, 1.165) is 0 Å². The van der Waals surface area contributed by atoms with Gasteiger partial charge in [-0.25, -0.2) is 0 Å². The Bertz CT molecular complexity index is 283. The molecule has 0 aliphatic rings. The molecule has 0 amide bonds. The van der Waals surface area contributed by atoms with Crippen molar-refractivity contribution in [2.24, 2.45) is 0 Å². The Hall–Kier alpha value is -0.946. The van der Waals surface area contributed by atoms with Gasteiger partial charge in [0, 0.05) is 46.6 Å². The van der Waals surface area contributed by atoms with Crippen molar-refractivity contribution in [2.45, 2.75) is 54.6 Å². The van der Waals surface area contributed by atoms with Gasteiger partial charge in [-0.05, 0) is 48.5 Å². The summed E-state index contributed by atoms with van der Waals surface area (Å²) in [5, 5.41) is 32.4. The third kappa shape index (κ3) is 125. The average molecular weight is 354 g/mol. The fraction of sp³-hybridized carbons (Fsp3) is 0.600. The quantitative estimate of drug-likeness (QED) is 0.344. The molecule has 0 fully saturated rings. The van der Waals surface area contributed by atoms with Gasteiger partial charge in [-0.15, -0.1) is 0 Å². The molecule has 0 heterocycles. The molecule has 0 saturated heterocycles. The van der Waals surface area contributed by atoms with Gasteiger partial charge in [0.2, 0.25) is 0 Å². The predicted octanol–water partition coefficient (Wildman–Crippen LogP) is 2.46. The van der Waals surface area contributed by atoms with Gasteiger partial charge in [-0.3, -0.25) is 9.59 Å². The summed E-state index contributed by atoms with van der Waals surface area (Å²) in [6, 6.07) is 0. The molecule has 0 aromatic heterocycles. The zero-order valence-corrected chi connectivity index (χ0v) is 16.1. The van der Waals surface area contributed by atoms with Crippen molar-refractivity contribution in [3.8, 4) is 0 Å². The van der Waals surface area contributed by atoms with Gasteiger partial charge in [-0.1, -0.05) is 0 Å². The molecule has 130 valence electrons.